The number of hydrogen-bond donors (Lipinski definition) is 1. The smallest absolute Gasteiger partial charge is 0.314 e. The summed E-state index contributed by atoms with van der Waals surface area (Å²) in [7, 11) is 0. The molecule has 4 aromatic rings. The number of carbonyl (C=O) groups excluding carboxylic acids is 1. The Labute approximate surface area is 163 Å². The molecule has 0 spiro atoms. The SMILES string of the molecule is NC(=O)c1cccc(-c2cn(Cc3ccc(-c4nnc(C(F)F)o4)cc3)cn2)c1. The number of nitrogens with two attached hydrogens (primary N) is 1. The lowest BCUT2D eigenvalue weighted by molar-refractivity contribution is 0.1000. The quantitative estimate of drug-likeness (QED) is 0.537. The fourth-order valence-corrected chi connectivity index (χ4v) is 2.83. The van der Waals surface area contributed by atoms with Gasteiger partial charge in [-0.05, 0) is 29.8 Å². The second-order valence-corrected chi connectivity index (χ2v) is 6.32. The molecule has 9 heteroatoms. The van der Waals surface area contributed by atoms with Gasteiger partial charge in [0.25, 0.3) is 5.89 Å². The summed E-state index contributed by atoms with van der Waals surface area (Å²) in [6.45, 7) is 0.551. The van der Waals surface area contributed by atoms with E-state index in [1.165, 1.54) is 0 Å². The van der Waals surface area contributed by atoms with Crippen LogP contribution in [0.15, 0.2) is 65.5 Å². The minimum atomic E-state index is -2.80. The molecular weight excluding hydrogens is 380 g/mol. The molecule has 0 aliphatic heterocycles. The molecule has 0 bridgehead atoms. The zero-order valence-corrected chi connectivity index (χ0v) is 15.0. The van der Waals surface area contributed by atoms with E-state index in [9.17, 15) is 13.6 Å². The van der Waals surface area contributed by atoms with Gasteiger partial charge in [0, 0.05) is 29.4 Å². The third-order valence-electron chi connectivity index (χ3n) is 4.27. The summed E-state index contributed by atoms with van der Waals surface area (Å²) in [5.41, 5.74) is 8.78. The normalized spacial score (nSPS) is 11.1. The molecule has 29 heavy (non-hydrogen) atoms. The number of aromatic nitrogens is 4. The average molecular weight is 395 g/mol. The lowest BCUT2D eigenvalue weighted by atomic mass is 10.1. The van der Waals surface area contributed by atoms with Gasteiger partial charge in [-0.1, -0.05) is 24.3 Å². The van der Waals surface area contributed by atoms with Crippen LogP contribution in [0.2, 0.25) is 0 Å². The molecule has 0 fully saturated rings. The van der Waals surface area contributed by atoms with Crippen LogP contribution < -0.4 is 5.73 Å². The highest BCUT2D eigenvalue weighted by Crippen LogP contribution is 2.24. The maximum atomic E-state index is 12.6. The molecule has 146 valence electrons. The van der Waals surface area contributed by atoms with Crippen LogP contribution in [0.4, 0.5) is 8.78 Å². The third-order valence-corrected chi connectivity index (χ3v) is 4.27. The number of primary amides is 1. The zero-order valence-electron chi connectivity index (χ0n) is 15.0. The van der Waals surface area contributed by atoms with Crippen LogP contribution in [0.3, 0.4) is 0 Å². The van der Waals surface area contributed by atoms with Gasteiger partial charge in [0.05, 0.1) is 12.0 Å². The Hall–Kier alpha value is -3.88. The van der Waals surface area contributed by atoms with Gasteiger partial charge in [0.15, 0.2) is 0 Å². The number of nitrogens with zero attached hydrogens (tertiary/aromatic N) is 4. The Morgan fingerprint density at radius 2 is 1.90 bits per heavy atom. The fraction of sp³-hybridized carbons (Fsp3) is 0.100. The molecular formula is C20H15F2N5O2. The first kappa shape index (κ1) is 18.5. The Bertz CT molecular complexity index is 1150. The van der Waals surface area contributed by atoms with Crippen molar-refractivity contribution in [2.75, 3.05) is 0 Å². The number of rotatable bonds is 6. The fourth-order valence-electron chi connectivity index (χ4n) is 2.83. The number of imidazole rings is 1. The van der Waals surface area contributed by atoms with Crippen LogP contribution in [0.1, 0.15) is 28.2 Å². The highest BCUT2D eigenvalue weighted by atomic mass is 19.3. The molecule has 7 nitrogen and oxygen atoms in total. The van der Waals surface area contributed by atoms with Gasteiger partial charge in [0.1, 0.15) is 0 Å². The Morgan fingerprint density at radius 1 is 1.10 bits per heavy atom. The summed E-state index contributed by atoms with van der Waals surface area (Å²) < 4.78 is 32.0. The van der Waals surface area contributed by atoms with Gasteiger partial charge in [-0.25, -0.2) is 4.98 Å². The van der Waals surface area contributed by atoms with Crippen LogP contribution >= 0.6 is 0 Å². The van der Waals surface area contributed by atoms with Crippen molar-refractivity contribution in [3.63, 3.8) is 0 Å². The van der Waals surface area contributed by atoms with Crippen LogP contribution in [-0.4, -0.2) is 25.7 Å². The van der Waals surface area contributed by atoms with Crippen LogP contribution in [0.5, 0.6) is 0 Å². The highest BCUT2D eigenvalue weighted by molar-refractivity contribution is 5.93. The largest absolute Gasteiger partial charge is 0.415 e. The maximum Gasteiger partial charge on any atom is 0.314 e. The molecule has 2 aromatic carbocycles. The van der Waals surface area contributed by atoms with E-state index >= 15 is 0 Å². The van der Waals surface area contributed by atoms with Crippen LogP contribution in [0.25, 0.3) is 22.7 Å². The summed E-state index contributed by atoms with van der Waals surface area (Å²) in [6, 6.07) is 14.1. The Kier molecular flexibility index (Phi) is 4.86. The van der Waals surface area contributed by atoms with Crippen molar-refractivity contribution >= 4 is 5.91 Å². The number of hydrogen-bond acceptors (Lipinski definition) is 5. The van der Waals surface area contributed by atoms with E-state index in [1.54, 1.807) is 36.7 Å². The van der Waals surface area contributed by atoms with Gasteiger partial charge in [-0.2, -0.15) is 8.78 Å². The number of carbonyl (C=O) groups is 1. The predicted molar refractivity (Wildman–Crippen MR) is 100.0 cm³/mol. The standard InChI is InChI=1S/C20H15F2N5O2/c21-17(22)20-26-25-19(29-20)13-6-4-12(5-7-13)9-27-10-16(24-11-27)14-2-1-3-15(8-14)18(23)28/h1-8,10-11,17H,9H2,(H2,23,28). The first-order chi connectivity index (χ1) is 14.0. The summed E-state index contributed by atoms with van der Waals surface area (Å²) in [6.07, 6.45) is 0.753. The van der Waals surface area contributed by atoms with Crippen molar-refractivity contribution in [2.45, 2.75) is 13.0 Å². The summed E-state index contributed by atoms with van der Waals surface area (Å²) in [5.74, 6) is -1.14. The molecule has 0 saturated heterocycles. The molecule has 0 radical (unpaired) electrons. The lowest BCUT2D eigenvalue weighted by Crippen LogP contribution is -2.10. The molecule has 0 unspecified atom stereocenters. The van der Waals surface area contributed by atoms with E-state index in [2.05, 4.69) is 15.2 Å². The second kappa shape index (κ2) is 7.63. The van der Waals surface area contributed by atoms with Crippen molar-refractivity contribution in [2.24, 2.45) is 5.73 Å². The van der Waals surface area contributed by atoms with E-state index in [-0.39, 0.29) is 5.89 Å². The zero-order chi connectivity index (χ0) is 20.4. The van der Waals surface area contributed by atoms with Crippen molar-refractivity contribution < 1.29 is 18.0 Å². The Balaban J connectivity index is 1.49. The topological polar surface area (TPSA) is 99.8 Å². The third kappa shape index (κ3) is 4.03. The number of alkyl halides is 2. The minimum absolute atomic E-state index is 0.0473. The summed E-state index contributed by atoms with van der Waals surface area (Å²) in [4.78, 5) is 15.7. The van der Waals surface area contributed by atoms with Crippen molar-refractivity contribution in [1.82, 2.24) is 19.7 Å². The van der Waals surface area contributed by atoms with E-state index in [0.29, 0.717) is 17.7 Å². The molecule has 2 aromatic heterocycles. The summed E-state index contributed by atoms with van der Waals surface area (Å²) >= 11 is 0. The van der Waals surface area contributed by atoms with Crippen LogP contribution in [-0.2, 0) is 6.54 Å². The number of benzene rings is 2. The molecule has 0 aliphatic carbocycles. The number of amides is 1. The molecule has 2 N–H and O–H groups in total. The van der Waals surface area contributed by atoms with E-state index < -0.39 is 18.2 Å². The minimum Gasteiger partial charge on any atom is -0.415 e. The molecule has 1 amide bonds. The van der Waals surface area contributed by atoms with Gasteiger partial charge >= 0.3 is 6.43 Å². The molecule has 0 atom stereocenters. The first-order valence-electron chi connectivity index (χ1n) is 8.62. The van der Waals surface area contributed by atoms with Crippen molar-refractivity contribution in [3.8, 4) is 22.7 Å². The lowest BCUT2D eigenvalue weighted by Gasteiger charge is -2.03. The van der Waals surface area contributed by atoms with E-state index in [1.807, 2.05) is 29.0 Å². The maximum absolute atomic E-state index is 12.6. The van der Waals surface area contributed by atoms with Crippen LogP contribution in [0, 0.1) is 0 Å². The second-order valence-electron chi connectivity index (χ2n) is 6.32. The van der Waals surface area contributed by atoms with Gasteiger partial charge in [-0.3, -0.25) is 4.79 Å². The Morgan fingerprint density at radius 3 is 2.59 bits per heavy atom. The molecule has 0 saturated carbocycles. The summed E-state index contributed by atoms with van der Waals surface area (Å²) in [5, 5.41) is 6.96. The highest BCUT2D eigenvalue weighted by Gasteiger charge is 2.16. The van der Waals surface area contributed by atoms with Crippen molar-refractivity contribution in [1.29, 1.82) is 0 Å². The monoisotopic (exact) mass is 395 g/mol. The molecule has 2 heterocycles. The van der Waals surface area contributed by atoms with Crippen molar-refractivity contribution in [3.05, 3.63) is 78.1 Å². The molecule has 4 rings (SSSR count). The molecule has 0 aliphatic rings. The predicted octanol–water partition coefficient (Wildman–Crippen LogP) is 3.68. The van der Waals surface area contributed by atoms with E-state index in [0.717, 1.165) is 16.8 Å². The average Bonchev–Trinajstić information content (AvgIpc) is 3.39. The van der Waals surface area contributed by atoms with Gasteiger partial charge < -0.3 is 14.7 Å². The first-order valence-corrected chi connectivity index (χ1v) is 8.62. The van der Waals surface area contributed by atoms with Gasteiger partial charge in [0.2, 0.25) is 11.8 Å². The van der Waals surface area contributed by atoms with Gasteiger partial charge in [-0.15, -0.1) is 10.2 Å². The van der Waals surface area contributed by atoms with E-state index in [4.69, 9.17) is 10.2 Å². The number of halogens is 2.